The van der Waals surface area contributed by atoms with Gasteiger partial charge in [-0.05, 0) is 11.1 Å². The highest BCUT2D eigenvalue weighted by atomic mass is 35.6. The number of benzene rings is 2. The Morgan fingerprint density at radius 3 is 1.86 bits per heavy atom. The van der Waals surface area contributed by atoms with Crippen LogP contribution in [0.4, 0.5) is 0 Å². The molecule has 0 atom stereocenters. The molecule has 0 radical (unpaired) electrons. The lowest BCUT2D eigenvalue weighted by Gasteiger charge is -2.25. The molecule has 0 aliphatic carbocycles. The summed E-state index contributed by atoms with van der Waals surface area (Å²) >= 11 is 37.8. The molecule has 0 spiro atoms. The molecule has 0 bridgehead atoms. The Morgan fingerprint density at radius 1 is 0.714 bits per heavy atom. The Bertz CT molecular complexity index is 938. The number of allylic oxidation sites excluding steroid dienone is 1. The van der Waals surface area contributed by atoms with Gasteiger partial charge in [0.25, 0.3) is 0 Å². The Balaban J connectivity index is 2.46. The van der Waals surface area contributed by atoms with Crippen LogP contribution >= 0.6 is 69.6 Å². The van der Waals surface area contributed by atoms with Crippen molar-refractivity contribution < 1.29 is 0 Å². The van der Waals surface area contributed by atoms with Gasteiger partial charge < -0.3 is 0 Å². The zero-order valence-corrected chi connectivity index (χ0v) is 18.5. The van der Waals surface area contributed by atoms with Gasteiger partial charge in [-0.2, -0.15) is 0 Å². The summed E-state index contributed by atoms with van der Waals surface area (Å²) in [5.74, 6) is 0.321. The van der Waals surface area contributed by atoms with Crippen LogP contribution in [0.3, 0.4) is 0 Å². The van der Waals surface area contributed by atoms with Crippen LogP contribution in [-0.2, 0) is 3.79 Å². The first-order valence-electron chi connectivity index (χ1n) is 7.85. The molecule has 0 saturated carbocycles. The highest BCUT2D eigenvalue weighted by Gasteiger charge is 2.37. The average molecular weight is 494 g/mol. The quantitative estimate of drug-likeness (QED) is 0.290. The van der Waals surface area contributed by atoms with Gasteiger partial charge in [-0.25, -0.2) is 15.0 Å². The second-order valence-corrected chi connectivity index (χ2v) is 10.2. The van der Waals surface area contributed by atoms with Crippen LogP contribution in [0.5, 0.6) is 0 Å². The largest absolute Gasteiger partial charge is 0.225 e. The number of rotatable bonds is 3. The molecular weight excluding hydrogens is 483 g/mol. The standard InChI is InChI=1S/C19H11Cl6N3/c20-18(21,22)14-9-5-4-8-13(14)16(19(23,24)25)15(12-6-2-1-3-7-12)17-27-10-26-11-28-17/h1-11H. The smallest absolute Gasteiger partial charge is 0.217 e. The van der Waals surface area contributed by atoms with E-state index in [-0.39, 0.29) is 5.57 Å². The fourth-order valence-electron chi connectivity index (χ4n) is 2.74. The lowest BCUT2D eigenvalue weighted by Crippen LogP contribution is -2.15. The normalized spacial score (nSPS) is 13.2. The molecule has 0 aliphatic rings. The van der Waals surface area contributed by atoms with Crippen molar-refractivity contribution in [1.29, 1.82) is 0 Å². The van der Waals surface area contributed by atoms with E-state index in [1.54, 1.807) is 24.3 Å². The van der Waals surface area contributed by atoms with E-state index in [1.807, 2.05) is 30.3 Å². The monoisotopic (exact) mass is 491 g/mol. The van der Waals surface area contributed by atoms with Crippen molar-refractivity contribution in [3.05, 3.63) is 89.8 Å². The molecule has 0 fully saturated rings. The highest BCUT2D eigenvalue weighted by Crippen LogP contribution is 2.50. The predicted molar refractivity (Wildman–Crippen MR) is 118 cm³/mol. The molecular formula is C19H11Cl6N3. The summed E-state index contributed by atoms with van der Waals surface area (Å²) in [5.41, 5.74) is 2.33. The van der Waals surface area contributed by atoms with Crippen LogP contribution in [0.15, 0.2) is 67.3 Å². The van der Waals surface area contributed by atoms with Gasteiger partial charge in [0.2, 0.25) is 7.59 Å². The van der Waals surface area contributed by atoms with Crippen molar-refractivity contribution >= 4 is 80.8 Å². The van der Waals surface area contributed by atoms with E-state index in [2.05, 4.69) is 15.0 Å². The molecule has 3 aromatic rings. The van der Waals surface area contributed by atoms with Gasteiger partial charge in [-0.1, -0.05) is 124 Å². The van der Waals surface area contributed by atoms with Gasteiger partial charge in [0, 0.05) is 16.7 Å². The van der Waals surface area contributed by atoms with Crippen molar-refractivity contribution in [3.8, 4) is 0 Å². The number of nitrogens with zero attached hydrogens (tertiary/aromatic N) is 3. The summed E-state index contributed by atoms with van der Waals surface area (Å²) in [5, 5.41) is 0. The SMILES string of the molecule is ClC(Cl)(Cl)C(=C(c1ccccc1)c1ncncn1)c1ccccc1C(Cl)(Cl)Cl. The molecule has 0 saturated heterocycles. The Kier molecular flexibility index (Phi) is 6.76. The molecule has 144 valence electrons. The summed E-state index contributed by atoms with van der Waals surface area (Å²) in [6, 6.07) is 16.2. The van der Waals surface area contributed by atoms with Crippen LogP contribution < -0.4 is 0 Å². The van der Waals surface area contributed by atoms with Gasteiger partial charge in [-0.15, -0.1) is 0 Å². The summed E-state index contributed by atoms with van der Waals surface area (Å²) in [6.07, 6.45) is 2.73. The molecule has 1 aromatic heterocycles. The van der Waals surface area contributed by atoms with Gasteiger partial charge in [0.15, 0.2) is 5.82 Å². The highest BCUT2D eigenvalue weighted by molar-refractivity contribution is 6.73. The molecule has 0 unspecified atom stereocenters. The minimum atomic E-state index is -1.87. The van der Waals surface area contributed by atoms with Crippen molar-refractivity contribution in [2.24, 2.45) is 0 Å². The zero-order chi connectivity index (χ0) is 20.4. The first-order valence-corrected chi connectivity index (χ1v) is 10.1. The van der Waals surface area contributed by atoms with Crippen LogP contribution in [0, 0.1) is 0 Å². The molecule has 0 aliphatic heterocycles. The fraction of sp³-hybridized carbons (Fsp3) is 0.105. The number of halogens is 6. The molecule has 9 heteroatoms. The average Bonchev–Trinajstić information content (AvgIpc) is 2.66. The maximum atomic E-state index is 6.42. The molecule has 0 amide bonds. The van der Waals surface area contributed by atoms with Crippen molar-refractivity contribution in [3.63, 3.8) is 0 Å². The van der Waals surface area contributed by atoms with Gasteiger partial charge in [0.1, 0.15) is 12.7 Å². The molecule has 3 rings (SSSR count). The molecule has 0 N–H and O–H groups in total. The molecule has 1 heterocycles. The lowest BCUT2D eigenvalue weighted by molar-refractivity contribution is 1.02. The third-order valence-corrected chi connectivity index (χ3v) is 4.99. The maximum Gasteiger partial charge on any atom is 0.217 e. The zero-order valence-electron chi connectivity index (χ0n) is 14.0. The fourth-order valence-corrected chi connectivity index (χ4v) is 3.82. The minimum Gasteiger partial charge on any atom is -0.225 e. The minimum absolute atomic E-state index is 0.289. The van der Waals surface area contributed by atoms with E-state index in [9.17, 15) is 0 Å². The molecule has 2 aromatic carbocycles. The van der Waals surface area contributed by atoms with Gasteiger partial charge >= 0.3 is 0 Å². The van der Waals surface area contributed by atoms with E-state index >= 15 is 0 Å². The van der Waals surface area contributed by atoms with Crippen LogP contribution in [0.1, 0.15) is 22.5 Å². The maximum absolute atomic E-state index is 6.42. The summed E-state index contributed by atoms with van der Waals surface area (Å²) < 4.78 is -3.61. The summed E-state index contributed by atoms with van der Waals surface area (Å²) in [6.45, 7) is 0. The summed E-state index contributed by atoms with van der Waals surface area (Å²) in [7, 11) is 0. The van der Waals surface area contributed by atoms with Crippen LogP contribution in [-0.4, -0.2) is 18.7 Å². The van der Waals surface area contributed by atoms with Crippen LogP contribution in [0.25, 0.3) is 11.1 Å². The third-order valence-electron chi connectivity index (χ3n) is 3.81. The molecule has 3 nitrogen and oxygen atoms in total. The van der Waals surface area contributed by atoms with E-state index in [1.165, 1.54) is 12.7 Å². The third kappa shape index (κ3) is 4.91. The van der Waals surface area contributed by atoms with E-state index < -0.39 is 7.59 Å². The van der Waals surface area contributed by atoms with Crippen molar-refractivity contribution in [2.45, 2.75) is 7.59 Å². The van der Waals surface area contributed by atoms with E-state index in [0.29, 0.717) is 22.5 Å². The Hall–Kier alpha value is -1.07. The number of aromatic nitrogens is 3. The summed E-state index contributed by atoms with van der Waals surface area (Å²) in [4.78, 5) is 12.4. The first kappa shape index (κ1) is 21.6. The predicted octanol–water partition coefficient (Wildman–Crippen LogP) is 7.03. The number of hydrogen-bond donors (Lipinski definition) is 0. The van der Waals surface area contributed by atoms with E-state index in [0.717, 1.165) is 5.56 Å². The van der Waals surface area contributed by atoms with Gasteiger partial charge in [-0.3, -0.25) is 0 Å². The Morgan fingerprint density at radius 2 is 1.29 bits per heavy atom. The molecule has 28 heavy (non-hydrogen) atoms. The number of alkyl halides is 6. The van der Waals surface area contributed by atoms with Gasteiger partial charge in [0.05, 0.1) is 0 Å². The topological polar surface area (TPSA) is 38.7 Å². The lowest BCUT2D eigenvalue weighted by atomic mass is 9.92. The number of hydrogen-bond acceptors (Lipinski definition) is 3. The second-order valence-electron chi connectivity index (χ2n) is 5.62. The Labute approximate surface area is 192 Å². The van der Waals surface area contributed by atoms with Crippen molar-refractivity contribution in [1.82, 2.24) is 15.0 Å². The van der Waals surface area contributed by atoms with Crippen LogP contribution in [0.2, 0.25) is 0 Å². The first-order chi connectivity index (χ1) is 13.2. The van der Waals surface area contributed by atoms with Crippen molar-refractivity contribution in [2.75, 3.05) is 0 Å². The van der Waals surface area contributed by atoms with E-state index in [4.69, 9.17) is 69.6 Å². The second kappa shape index (κ2) is 8.74.